The summed E-state index contributed by atoms with van der Waals surface area (Å²) in [5.41, 5.74) is 2.35. The molecule has 0 amide bonds. The summed E-state index contributed by atoms with van der Waals surface area (Å²) in [5.74, 6) is -1.25. The molecule has 2 aliphatic rings. The second-order valence-electron chi connectivity index (χ2n) is 7.81. The van der Waals surface area contributed by atoms with E-state index < -0.39 is 17.9 Å². The number of rotatable bonds is 6. The molecule has 1 heterocycles. The topological polar surface area (TPSA) is 96.0 Å². The molecule has 0 saturated carbocycles. The summed E-state index contributed by atoms with van der Waals surface area (Å²) in [6.07, 6.45) is 0.295. The van der Waals surface area contributed by atoms with E-state index in [1.807, 2.05) is 0 Å². The number of benzene rings is 2. The molecular weight excluding hydrogens is 412 g/mol. The van der Waals surface area contributed by atoms with Gasteiger partial charge < -0.3 is 14.2 Å². The lowest BCUT2D eigenvalue weighted by Gasteiger charge is -2.13. The van der Waals surface area contributed by atoms with E-state index in [0.717, 1.165) is 0 Å². The monoisotopic (exact) mass is 432 g/mol. The number of fused-ring (bicyclic) bond motifs is 2. The number of esters is 3. The Bertz CT molecular complexity index is 1200. The van der Waals surface area contributed by atoms with Crippen LogP contribution in [0.1, 0.15) is 36.0 Å². The molecule has 0 N–H and O–H groups in total. The number of ether oxygens (including phenoxy) is 3. The first kappa shape index (κ1) is 21.2. The van der Waals surface area contributed by atoms with E-state index in [0.29, 0.717) is 28.2 Å². The van der Waals surface area contributed by atoms with Gasteiger partial charge in [-0.2, -0.15) is 0 Å². The van der Waals surface area contributed by atoms with Crippen molar-refractivity contribution in [3.05, 3.63) is 77.4 Å². The van der Waals surface area contributed by atoms with Gasteiger partial charge >= 0.3 is 17.9 Å². The molecule has 2 aromatic carbocycles. The van der Waals surface area contributed by atoms with Crippen LogP contribution in [-0.4, -0.2) is 23.7 Å². The molecule has 1 atom stereocenters. The Hall–Kier alpha value is -4.00. The molecule has 4 rings (SSSR count). The highest BCUT2D eigenvalue weighted by molar-refractivity contribution is 5.97. The Kier molecular flexibility index (Phi) is 5.48. The van der Waals surface area contributed by atoms with Crippen LogP contribution < -0.4 is 14.2 Å². The van der Waals surface area contributed by atoms with Crippen molar-refractivity contribution in [3.8, 4) is 17.2 Å². The van der Waals surface area contributed by atoms with E-state index >= 15 is 0 Å². The first-order chi connectivity index (χ1) is 15.2. The van der Waals surface area contributed by atoms with Crippen LogP contribution in [0.3, 0.4) is 0 Å². The largest absolute Gasteiger partial charge is 0.426 e. The van der Waals surface area contributed by atoms with E-state index in [4.69, 9.17) is 14.2 Å². The van der Waals surface area contributed by atoms with E-state index in [2.05, 4.69) is 13.2 Å². The smallest absolute Gasteiger partial charge is 0.338 e. The second kappa shape index (κ2) is 8.26. The maximum atomic E-state index is 12.7. The van der Waals surface area contributed by atoms with Gasteiger partial charge in [0.15, 0.2) is 0 Å². The van der Waals surface area contributed by atoms with Gasteiger partial charge in [-0.3, -0.25) is 9.59 Å². The van der Waals surface area contributed by atoms with Crippen LogP contribution in [0.5, 0.6) is 17.2 Å². The van der Waals surface area contributed by atoms with Crippen LogP contribution in [0.15, 0.2) is 60.7 Å². The van der Waals surface area contributed by atoms with Gasteiger partial charge in [0.1, 0.15) is 23.0 Å². The van der Waals surface area contributed by atoms with Gasteiger partial charge in [-0.25, -0.2) is 9.59 Å². The number of hydrogen-bond acceptors (Lipinski definition) is 7. The van der Waals surface area contributed by atoms with Gasteiger partial charge in [-0.15, -0.1) is 0 Å². The molecule has 7 nitrogen and oxygen atoms in total. The van der Waals surface area contributed by atoms with Crippen molar-refractivity contribution >= 4 is 23.7 Å². The van der Waals surface area contributed by atoms with Crippen LogP contribution in [0.2, 0.25) is 0 Å². The lowest BCUT2D eigenvalue weighted by Crippen LogP contribution is -2.15. The lowest BCUT2D eigenvalue weighted by molar-refractivity contribution is -0.132. The third-order valence-corrected chi connectivity index (χ3v) is 5.38. The predicted molar refractivity (Wildman–Crippen MR) is 114 cm³/mol. The van der Waals surface area contributed by atoms with E-state index in [9.17, 15) is 19.2 Å². The fourth-order valence-corrected chi connectivity index (χ4v) is 3.76. The van der Waals surface area contributed by atoms with Crippen molar-refractivity contribution in [2.45, 2.75) is 32.1 Å². The average Bonchev–Trinajstić information content (AvgIpc) is 3.26. The van der Waals surface area contributed by atoms with Crippen molar-refractivity contribution in [1.82, 2.24) is 0 Å². The zero-order chi connectivity index (χ0) is 23.0. The van der Waals surface area contributed by atoms with Crippen LogP contribution in [0.4, 0.5) is 0 Å². The molecule has 32 heavy (non-hydrogen) atoms. The minimum absolute atomic E-state index is 0.0785. The lowest BCUT2D eigenvalue weighted by atomic mass is 9.93. The van der Waals surface area contributed by atoms with Crippen molar-refractivity contribution in [2.75, 3.05) is 0 Å². The van der Waals surface area contributed by atoms with Crippen LogP contribution in [-0.2, 0) is 32.0 Å². The van der Waals surface area contributed by atoms with Crippen molar-refractivity contribution in [2.24, 2.45) is 0 Å². The summed E-state index contributed by atoms with van der Waals surface area (Å²) in [4.78, 5) is 48.5. The number of hydrogen-bond donors (Lipinski definition) is 0. The zero-order valence-electron chi connectivity index (χ0n) is 17.4. The predicted octanol–water partition coefficient (Wildman–Crippen LogP) is 3.39. The molecule has 0 bridgehead atoms. The first-order valence-corrected chi connectivity index (χ1v) is 9.98. The molecule has 0 aromatic heterocycles. The fraction of sp³-hybridized carbons (Fsp3) is 0.200. The Balaban J connectivity index is 1.46. The van der Waals surface area contributed by atoms with Crippen molar-refractivity contribution in [3.63, 3.8) is 0 Å². The van der Waals surface area contributed by atoms with E-state index in [1.54, 1.807) is 37.3 Å². The molecule has 162 valence electrons. The Morgan fingerprint density at radius 3 is 2.59 bits per heavy atom. The summed E-state index contributed by atoms with van der Waals surface area (Å²) >= 11 is 0. The Labute approximate surface area is 184 Å². The highest BCUT2D eigenvalue weighted by Crippen LogP contribution is 2.39. The molecule has 0 fully saturated rings. The summed E-state index contributed by atoms with van der Waals surface area (Å²) in [7, 11) is 0. The number of ketones is 1. The zero-order valence-corrected chi connectivity index (χ0v) is 17.4. The Morgan fingerprint density at radius 2 is 1.84 bits per heavy atom. The standard InChI is InChI=1S/C25H20O7/c1-13(2)24(28)32-22-6-4-5-17-18(20(26)12-19(17)22)9-14(3)25(29)30-16-7-8-21-15(10-16)11-23(27)31-21/h4-8,10,18H,1,3,9,11-12H2,2H3. The van der Waals surface area contributed by atoms with Crippen LogP contribution in [0.25, 0.3) is 0 Å². The fourth-order valence-electron chi connectivity index (χ4n) is 3.76. The van der Waals surface area contributed by atoms with Gasteiger partial charge in [-0.1, -0.05) is 25.3 Å². The van der Waals surface area contributed by atoms with Crippen molar-refractivity contribution < 1.29 is 33.4 Å². The summed E-state index contributed by atoms with van der Waals surface area (Å²) in [5, 5.41) is 0. The highest BCUT2D eigenvalue weighted by atomic mass is 16.5. The Morgan fingerprint density at radius 1 is 1.06 bits per heavy atom. The number of carbonyl (C=O) groups is 4. The minimum Gasteiger partial charge on any atom is -0.426 e. The normalized spacial score (nSPS) is 16.1. The molecule has 1 unspecified atom stereocenters. The molecule has 0 spiro atoms. The van der Waals surface area contributed by atoms with E-state index in [1.165, 1.54) is 6.07 Å². The molecule has 0 radical (unpaired) electrons. The number of carbonyl (C=O) groups excluding carboxylic acids is 4. The SMILES string of the molecule is C=C(C)C(=O)Oc1cccc2c1CC(=O)C2CC(=C)C(=O)Oc1ccc2c(c1)CC(=O)O2. The first-order valence-electron chi connectivity index (χ1n) is 9.98. The molecule has 0 saturated heterocycles. The van der Waals surface area contributed by atoms with Crippen LogP contribution in [0, 0.1) is 0 Å². The maximum Gasteiger partial charge on any atom is 0.338 e. The van der Waals surface area contributed by atoms with Gasteiger partial charge in [0.2, 0.25) is 0 Å². The van der Waals surface area contributed by atoms with E-state index in [-0.39, 0.29) is 47.9 Å². The van der Waals surface area contributed by atoms with Gasteiger partial charge in [-0.05, 0) is 43.2 Å². The molecule has 1 aliphatic heterocycles. The number of Topliss-reactive ketones (excluding diaryl/α,β-unsaturated/α-hetero) is 1. The molecular formula is C25H20O7. The quantitative estimate of drug-likeness (QED) is 0.392. The van der Waals surface area contributed by atoms with Gasteiger partial charge in [0, 0.05) is 34.6 Å². The average molecular weight is 432 g/mol. The van der Waals surface area contributed by atoms with Crippen molar-refractivity contribution in [1.29, 1.82) is 0 Å². The van der Waals surface area contributed by atoms with Gasteiger partial charge in [0.05, 0.1) is 6.42 Å². The third kappa shape index (κ3) is 4.09. The summed E-state index contributed by atoms with van der Waals surface area (Å²) in [6.45, 7) is 8.90. The van der Waals surface area contributed by atoms with Gasteiger partial charge in [0.25, 0.3) is 0 Å². The molecule has 2 aromatic rings. The second-order valence-corrected chi connectivity index (χ2v) is 7.81. The minimum atomic E-state index is -0.665. The molecule has 7 heteroatoms. The third-order valence-electron chi connectivity index (χ3n) is 5.38. The highest BCUT2D eigenvalue weighted by Gasteiger charge is 2.34. The molecule has 1 aliphatic carbocycles. The van der Waals surface area contributed by atoms with Crippen LogP contribution >= 0.6 is 0 Å². The maximum absolute atomic E-state index is 12.7. The summed E-state index contributed by atoms with van der Waals surface area (Å²) < 4.78 is 15.8. The summed E-state index contributed by atoms with van der Waals surface area (Å²) in [6, 6.07) is 9.76.